The molecule has 2 aliphatic rings. The van der Waals surface area contributed by atoms with Gasteiger partial charge in [-0.05, 0) is 49.4 Å². The lowest BCUT2D eigenvalue weighted by Crippen LogP contribution is -2.41. The summed E-state index contributed by atoms with van der Waals surface area (Å²) < 4.78 is 5.40. The summed E-state index contributed by atoms with van der Waals surface area (Å²) in [4.78, 5) is 12.3. The number of hydrogen-bond donors (Lipinski definition) is 2. The lowest BCUT2D eigenvalue weighted by molar-refractivity contribution is -0.126. The van der Waals surface area contributed by atoms with Crippen LogP contribution in [0.2, 0.25) is 0 Å². The highest BCUT2D eigenvalue weighted by Crippen LogP contribution is 2.36. The predicted molar refractivity (Wildman–Crippen MR) is 85.0 cm³/mol. The Labute approximate surface area is 132 Å². The van der Waals surface area contributed by atoms with Gasteiger partial charge in [-0.2, -0.15) is 0 Å². The second-order valence-corrected chi connectivity index (χ2v) is 5.67. The van der Waals surface area contributed by atoms with Crippen LogP contribution in [0.5, 0.6) is 5.75 Å². The van der Waals surface area contributed by atoms with E-state index in [1.165, 1.54) is 11.1 Å². The summed E-state index contributed by atoms with van der Waals surface area (Å²) in [5.74, 6) is 1.26. The van der Waals surface area contributed by atoms with Crippen molar-refractivity contribution in [3.05, 3.63) is 29.3 Å². The van der Waals surface area contributed by atoms with Crippen LogP contribution in [-0.2, 0) is 11.2 Å². The van der Waals surface area contributed by atoms with Crippen LogP contribution >= 0.6 is 12.4 Å². The zero-order valence-corrected chi connectivity index (χ0v) is 13.2. The molecule has 3 rings (SSSR count). The fraction of sp³-hybridized carbons (Fsp3) is 0.562. The minimum absolute atomic E-state index is 0. The van der Waals surface area contributed by atoms with Crippen molar-refractivity contribution in [2.75, 3.05) is 20.2 Å². The van der Waals surface area contributed by atoms with E-state index in [9.17, 15) is 4.79 Å². The average molecular weight is 311 g/mol. The molecule has 21 heavy (non-hydrogen) atoms. The van der Waals surface area contributed by atoms with Crippen LogP contribution in [-0.4, -0.2) is 26.1 Å². The molecule has 0 bridgehead atoms. The van der Waals surface area contributed by atoms with E-state index >= 15 is 0 Å². The maximum atomic E-state index is 12.3. The molecule has 0 aromatic heterocycles. The third kappa shape index (κ3) is 3.33. The fourth-order valence-electron chi connectivity index (χ4n) is 3.33. The number of amides is 1. The first kappa shape index (κ1) is 16.1. The summed E-state index contributed by atoms with van der Waals surface area (Å²) in [6, 6.07) is 6.25. The number of hydrogen-bond acceptors (Lipinski definition) is 3. The van der Waals surface area contributed by atoms with Gasteiger partial charge in [0.2, 0.25) is 5.91 Å². The van der Waals surface area contributed by atoms with Gasteiger partial charge in [-0.25, -0.2) is 0 Å². The first-order valence-electron chi connectivity index (χ1n) is 7.46. The number of piperidine rings is 1. The first-order chi connectivity index (χ1) is 9.79. The van der Waals surface area contributed by atoms with E-state index < -0.39 is 0 Å². The zero-order valence-electron chi connectivity index (χ0n) is 12.4. The molecule has 2 atom stereocenters. The Bertz CT molecular complexity index is 501. The summed E-state index contributed by atoms with van der Waals surface area (Å²) in [5.41, 5.74) is 2.48. The van der Waals surface area contributed by atoms with Crippen LogP contribution < -0.4 is 15.4 Å². The van der Waals surface area contributed by atoms with Gasteiger partial charge < -0.3 is 15.4 Å². The van der Waals surface area contributed by atoms with Crippen LogP contribution in [0.15, 0.2) is 18.2 Å². The largest absolute Gasteiger partial charge is 0.496 e. The van der Waals surface area contributed by atoms with Gasteiger partial charge in [0.25, 0.3) is 0 Å². The van der Waals surface area contributed by atoms with Crippen molar-refractivity contribution in [1.82, 2.24) is 10.6 Å². The third-order valence-electron chi connectivity index (χ3n) is 4.43. The van der Waals surface area contributed by atoms with Crippen molar-refractivity contribution in [3.8, 4) is 5.75 Å². The third-order valence-corrected chi connectivity index (χ3v) is 4.43. The van der Waals surface area contributed by atoms with Crippen molar-refractivity contribution < 1.29 is 9.53 Å². The highest BCUT2D eigenvalue weighted by molar-refractivity contribution is 5.85. The van der Waals surface area contributed by atoms with E-state index in [1.54, 1.807) is 7.11 Å². The molecule has 1 amide bonds. The monoisotopic (exact) mass is 310 g/mol. The van der Waals surface area contributed by atoms with Crippen LogP contribution in [0.1, 0.15) is 36.4 Å². The number of ether oxygens (including phenoxy) is 1. The standard InChI is InChI=1S/C16H22N2O2.ClH/c1-20-15-6-2-5-12-13(15)7-8-14(12)18-16(19)11-4-3-9-17-10-11;/h2,5-6,11,14,17H,3-4,7-10H2,1H3,(H,18,19);1H. The van der Waals surface area contributed by atoms with Crippen molar-refractivity contribution in [2.45, 2.75) is 31.7 Å². The minimum atomic E-state index is 0. The summed E-state index contributed by atoms with van der Waals surface area (Å²) in [6.45, 7) is 1.84. The Morgan fingerprint density at radius 3 is 2.95 bits per heavy atom. The first-order valence-corrected chi connectivity index (χ1v) is 7.46. The molecule has 5 heteroatoms. The van der Waals surface area contributed by atoms with Gasteiger partial charge in [0, 0.05) is 6.54 Å². The smallest absolute Gasteiger partial charge is 0.224 e. The lowest BCUT2D eigenvalue weighted by Gasteiger charge is -2.24. The van der Waals surface area contributed by atoms with Gasteiger partial charge in [-0.15, -0.1) is 12.4 Å². The van der Waals surface area contributed by atoms with Gasteiger partial charge in [0.05, 0.1) is 19.1 Å². The second-order valence-electron chi connectivity index (χ2n) is 5.67. The number of carbonyl (C=O) groups is 1. The maximum Gasteiger partial charge on any atom is 0.224 e. The molecule has 1 fully saturated rings. The van der Waals surface area contributed by atoms with Gasteiger partial charge in [0.1, 0.15) is 5.75 Å². The Balaban J connectivity index is 0.00000161. The molecule has 4 nitrogen and oxygen atoms in total. The molecule has 1 aliphatic heterocycles. The zero-order chi connectivity index (χ0) is 13.9. The Morgan fingerprint density at radius 2 is 2.24 bits per heavy atom. The van der Waals surface area contributed by atoms with Crippen LogP contribution in [0.4, 0.5) is 0 Å². The van der Waals surface area contributed by atoms with E-state index in [0.29, 0.717) is 0 Å². The second kappa shape index (κ2) is 7.14. The molecule has 1 heterocycles. The number of rotatable bonds is 3. The van der Waals surface area contributed by atoms with Crippen LogP contribution in [0, 0.1) is 5.92 Å². The summed E-state index contributed by atoms with van der Waals surface area (Å²) in [6.07, 6.45) is 4.04. The van der Waals surface area contributed by atoms with Gasteiger partial charge in [-0.1, -0.05) is 12.1 Å². The molecular formula is C16H23ClN2O2. The van der Waals surface area contributed by atoms with Crippen LogP contribution in [0.3, 0.4) is 0 Å². The van der Waals surface area contributed by atoms with Gasteiger partial charge in [-0.3, -0.25) is 4.79 Å². The molecular weight excluding hydrogens is 288 g/mol. The highest BCUT2D eigenvalue weighted by Gasteiger charge is 2.29. The number of halogens is 1. The van der Waals surface area contributed by atoms with E-state index in [2.05, 4.69) is 16.7 Å². The minimum Gasteiger partial charge on any atom is -0.496 e. The summed E-state index contributed by atoms with van der Waals surface area (Å²) >= 11 is 0. The number of fused-ring (bicyclic) bond motifs is 1. The van der Waals surface area contributed by atoms with Gasteiger partial charge in [0.15, 0.2) is 0 Å². The normalized spacial score (nSPS) is 23.9. The topological polar surface area (TPSA) is 50.4 Å². The Morgan fingerprint density at radius 1 is 1.38 bits per heavy atom. The van der Waals surface area contributed by atoms with Crippen molar-refractivity contribution in [3.63, 3.8) is 0 Å². The SMILES string of the molecule is COc1cccc2c1CCC2NC(=O)C1CCCNC1.Cl. The van der Waals surface area contributed by atoms with E-state index in [-0.39, 0.29) is 30.3 Å². The highest BCUT2D eigenvalue weighted by atomic mass is 35.5. The quantitative estimate of drug-likeness (QED) is 0.900. The van der Waals surface area contributed by atoms with Crippen molar-refractivity contribution in [2.24, 2.45) is 5.92 Å². The number of nitrogens with one attached hydrogen (secondary N) is 2. The fourth-order valence-corrected chi connectivity index (χ4v) is 3.33. The van der Waals surface area contributed by atoms with E-state index in [4.69, 9.17) is 4.74 Å². The molecule has 1 saturated heterocycles. The summed E-state index contributed by atoms with van der Waals surface area (Å²) in [5, 5.41) is 6.52. The van der Waals surface area contributed by atoms with Gasteiger partial charge >= 0.3 is 0 Å². The molecule has 1 aromatic rings. The predicted octanol–water partition coefficient (Wildman–Crippen LogP) is 2.22. The van der Waals surface area contributed by atoms with Crippen LogP contribution in [0.25, 0.3) is 0 Å². The average Bonchev–Trinajstić information content (AvgIpc) is 2.91. The number of benzene rings is 1. The van der Waals surface area contributed by atoms with Crippen molar-refractivity contribution in [1.29, 1.82) is 0 Å². The lowest BCUT2D eigenvalue weighted by atomic mass is 9.98. The number of methoxy groups -OCH3 is 1. The number of carbonyl (C=O) groups excluding carboxylic acids is 1. The summed E-state index contributed by atoms with van der Waals surface area (Å²) in [7, 11) is 1.70. The Hall–Kier alpha value is -1.26. The molecule has 2 N–H and O–H groups in total. The van der Waals surface area contributed by atoms with Crippen molar-refractivity contribution >= 4 is 18.3 Å². The molecule has 0 saturated carbocycles. The van der Waals surface area contributed by atoms with E-state index in [0.717, 1.165) is 44.5 Å². The van der Waals surface area contributed by atoms with E-state index in [1.807, 2.05) is 12.1 Å². The Kier molecular flexibility index (Phi) is 5.48. The molecule has 1 aromatic carbocycles. The maximum absolute atomic E-state index is 12.3. The molecule has 0 radical (unpaired) electrons. The molecule has 0 spiro atoms. The molecule has 2 unspecified atom stereocenters. The molecule has 1 aliphatic carbocycles. The molecule has 116 valence electrons.